The lowest BCUT2D eigenvalue weighted by molar-refractivity contribution is 0.312. The van der Waals surface area contributed by atoms with E-state index in [-0.39, 0.29) is 7.92 Å². The number of anilines is 5. The van der Waals surface area contributed by atoms with Crippen LogP contribution < -0.4 is 25.6 Å². The van der Waals surface area contributed by atoms with Crippen molar-refractivity contribution in [1.29, 1.82) is 0 Å². The van der Waals surface area contributed by atoms with Crippen LogP contribution in [0.2, 0.25) is 0 Å². The van der Waals surface area contributed by atoms with Crippen molar-refractivity contribution in [1.82, 2.24) is 14.9 Å². The number of methoxy groups -OCH3 is 1. The van der Waals surface area contributed by atoms with Gasteiger partial charge in [-0.05, 0) is 41.9 Å². The van der Waals surface area contributed by atoms with Gasteiger partial charge in [-0.15, -0.1) is 11.8 Å². The van der Waals surface area contributed by atoms with Crippen molar-refractivity contribution in [3.8, 4) is 5.75 Å². The molecule has 0 aliphatic carbocycles. The molecule has 2 aliphatic heterocycles. The highest BCUT2D eigenvalue weighted by Gasteiger charge is 2.25. The molecule has 208 valence electrons. The van der Waals surface area contributed by atoms with E-state index in [1.807, 2.05) is 11.8 Å². The zero-order valence-electron chi connectivity index (χ0n) is 24.0. The van der Waals surface area contributed by atoms with Crippen LogP contribution in [0.25, 0.3) is 0 Å². The maximum atomic E-state index is 5.80. The highest BCUT2D eigenvalue weighted by Crippen LogP contribution is 2.47. The Morgan fingerprint density at radius 2 is 1.67 bits per heavy atom. The first-order chi connectivity index (χ1) is 18.8. The number of benzene rings is 2. The molecule has 0 radical (unpaired) electrons. The molecule has 1 aromatic heterocycles. The van der Waals surface area contributed by atoms with Crippen LogP contribution in [0.3, 0.4) is 0 Å². The smallest absolute Gasteiger partial charge is 0.229 e. The van der Waals surface area contributed by atoms with E-state index in [0.29, 0.717) is 17.3 Å². The summed E-state index contributed by atoms with van der Waals surface area (Å²) < 4.78 is 5.80. The summed E-state index contributed by atoms with van der Waals surface area (Å²) in [6.07, 6.45) is 0.942. The van der Waals surface area contributed by atoms with Crippen molar-refractivity contribution in [2.45, 2.75) is 50.3 Å². The van der Waals surface area contributed by atoms with Crippen molar-refractivity contribution in [3.63, 3.8) is 0 Å². The Hall–Kier alpha value is -2.54. The minimum Gasteiger partial charge on any atom is -0.494 e. The highest BCUT2D eigenvalue weighted by atomic mass is 32.2. The molecular weight excluding hydrogens is 523 g/mol. The predicted molar refractivity (Wildman–Crippen MR) is 169 cm³/mol. The Morgan fingerprint density at radius 1 is 0.923 bits per heavy atom. The monoisotopic (exact) mass is 564 g/mol. The van der Waals surface area contributed by atoms with Gasteiger partial charge in [0.05, 0.1) is 23.4 Å². The number of nitrogens with one attached hydrogen (secondary N) is 2. The van der Waals surface area contributed by atoms with E-state index in [1.165, 1.54) is 11.0 Å². The molecule has 0 spiro atoms. The summed E-state index contributed by atoms with van der Waals surface area (Å²) in [6.45, 7) is 13.5. The average Bonchev–Trinajstić information content (AvgIpc) is 3.39. The molecule has 9 heteroatoms. The fourth-order valence-electron chi connectivity index (χ4n) is 5.46. The minimum atomic E-state index is -0.314. The molecule has 3 aromatic rings. The van der Waals surface area contributed by atoms with E-state index < -0.39 is 0 Å². The molecule has 0 unspecified atom stereocenters. The molecular formula is C30H41N6OPS. The number of ether oxygens (including phenoxy) is 1. The van der Waals surface area contributed by atoms with Gasteiger partial charge >= 0.3 is 0 Å². The molecule has 7 nitrogen and oxygen atoms in total. The lowest BCUT2D eigenvalue weighted by Gasteiger charge is -2.34. The van der Waals surface area contributed by atoms with Crippen molar-refractivity contribution in [3.05, 3.63) is 48.2 Å². The van der Waals surface area contributed by atoms with Gasteiger partial charge in [0.15, 0.2) is 0 Å². The number of aryl methyl sites for hydroxylation is 1. The molecule has 2 aromatic carbocycles. The number of thioether (sulfide) groups is 1. The SMILES string of the molecule is COc1cc(N2CCN(C)CC2)ccc1Nc1nc2c(c(Nc3ccccc3P(C(C)C)C(C)C)n1)SCC2. The predicted octanol–water partition coefficient (Wildman–Crippen LogP) is 6.30. The van der Waals surface area contributed by atoms with Gasteiger partial charge in [-0.25, -0.2) is 4.98 Å². The largest absolute Gasteiger partial charge is 0.494 e. The topological polar surface area (TPSA) is 65.6 Å². The van der Waals surface area contributed by atoms with Crippen LogP contribution in [0, 0.1) is 0 Å². The summed E-state index contributed by atoms with van der Waals surface area (Å²) in [4.78, 5) is 15.9. The summed E-state index contributed by atoms with van der Waals surface area (Å²) >= 11 is 1.84. The summed E-state index contributed by atoms with van der Waals surface area (Å²) in [7, 11) is 3.58. The van der Waals surface area contributed by atoms with Gasteiger partial charge in [0.2, 0.25) is 5.95 Å². The number of aromatic nitrogens is 2. The molecule has 3 heterocycles. The molecule has 39 heavy (non-hydrogen) atoms. The second-order valence-electron chi connectivity index (χ2n) is 10.8. The summed E-state index contributed by atoms with van der Waals surface area (Å²) in [5.41, 5.74) is 5.51. The molecule has 1 fully saturated rings. The minimum absolute atomic E-state index is 0.314. The van der Waals surface area contributed by atoms with Crippen LogP contribution in [0.5, 0.6) is 5.75 Å². The average molecular weight is 565 g/mol. The molecule has 1 saturated heterocycles. The van der Waals surface area contributed by atoms with Crippen LogP contribution in [0.4, 0.5) is 28.8 Å². The quantitative estimate of drug-likeness (QED) is 0.294. The second-order valence-corrected chi connectivity index (χ2v) is 15.3. The number of hydrogen-bond acceptors (Lipinski definition) is 8. The number of likely N-dealkylation sites (N-methyl/N-ethyl adjacent to an activating group) is 1. The fraction of sp³-hybridized carbons (Fsp3) is 0.467. The highest BCUT2D eigenvalue weighted by molar-refractivity contribution is 7.99. The third-order valence-corrected chi connectivity index (χ3v) is 11.7. The number of rotatable bonds is 9. The Morgan fingerprint density at radius 3 is 2.38 bits per heavy atom. The molecule has 2 N–H and O–H groups in total. The van der Waals surface area contributed by atoms with E-state index in [4.69, 9.17) is 14.7 Å². The van der Waals surface area contributed by atoms with Crippen LogP contribution in [0.1, 0.15) is 33.4 Å². The number of fused-ring (bicyclic) bond motifs is 1. The standard InChI is InChI=1S/C30H41N6OPS/c1-20(2)38(21(3)4)27-10-8-7-9-24(27)31-29-28-25(13-18-39-28)33-30(34-29)32-23-12-11-22(19-26(23)37-6)36-16-14-35(5)15-17-36/h7-12,19-21H,13-18H2,1-6H3,(H2,31,32,33,34). The Kier molecular flexibility index (Phi) is 8.85. The van der Waals surface area contributed by atoms with Crippen LogP contribution >= 0.6 is 19.7 Å². The summed E-state index contributed by atoms with van der Waals surface area (Å²) in [5.74, 6) is 3.30. The molecule has 0 saturated carbocycles. The van der Waals surface area contributed by atoms with Gasteiger partial charge in [-0.3, -0.25) is 0 Å². The molecule has 0 atom stereocenters. The van der Waals surface area contributed by atoms with Crippen molar-refractivity contribution >= 4 is 53.8 Å². The van der Waals surface area contributed by atoms with E-state index >= 15 is 0 Å². The Balaban J connectivity index is 1.43. The Bertz CT molecular complexity index is 1290. The van der Waals surface area contributed by atoms with Crippen LogP contribution in [0.15, 0.2) is 47.4 Å². The van der Waals surface area contributed by atoms with Crippen molar-refractivity contribution in [2.24, 2.45) is 0 Å². The van der Waals surface area contributed by atoms with Gasteiger partial charge in [0.1, 0.15) is 11.6 Å². The van der Waals surface area contributed by atoms with E-state index in [1.54, 1.807) is 7.11 Å². The molecule has 5 rings (SSSR count). The van der Waals surface area contributed by atoms with E-state index in [9.17, 15) is 0 Å². The van der Waals surface area contributed by atoms with Gasteiger partial charge in [0, 0.05) is 55.8 Å². The third kappa shape index (κ3) is 6.29. The first-order valence-corrected chi connectivity index (χ1v) is 16.4. The number of nitrogens with zero attached hydrogens (tertiary/aromatic N) is 4. The van der Waals surface area contributed by atoms with Crippen LogP contribution in [-0.4, -0.2) is 72.3 Å². The number of hydrogen-bond donors (Lipinski definition) is 2. The number of para-hydroxylation sites is 1. The first-order valence-electron chi connectivity index (χ1n) is 13.9. The Labute approximate surface area is 238 Å². The lowest BCUT2D eigenvalue weighted by atomic mass is 10.2. The summed E-state index contributed by atoms with van der Waals surface area (Å²) in [6, 6.07) is 15.1. The summed E-state index contributed by atoms with van der Waals surface area (Å²) in [5, 5.41) is 8.61. The number of piperazine rings is 1. The maximum absolute atomic E-state index is 5.80. The zero-order chi connectivity index (χ0) is 27.5. The van der Waals surface area contributed by atoms with Crippen molar-refractivity contribution in [2.75, 3.05) is 61.6 Å². The normalized spacial score (nSPS) is 15.8. The first kappa shape index (κ1) is 28.0. The van der Waals surface area contributed by atoms with Crippen LogP contribution in [-0.2, 0) is 6.42 Å². The maximum Gasteiger partial charge on any atom is 0.229 e. The molecule has 0 bridgehead atoms. The van der Waals surface area contributed by atoms with Gasteiger partial charge < -0.3 is 25.2 Å². The lowest BCUT2D eigenvalue weighted by Crippen LogP contribution is -2.44. The second kappa shape index (κ2) is 12.3. The third-order valence-electron chi connectivity index (χ3n) is 7.37. The van der Waals surface area contributed by atoms with Gasteiger partial charge in [-0.2, -0.15) is 4.98 Å². The van der Waals surface area contributed by atoms with Gasteiger partial charge in [0.25, 0.3) is 0 Å². The molecule has 2 aliphatic rings. The van der Waals surface area contributed by atoms with E-state index in [0.717, 1.165) is 71.9 Å². The van der Waals surface area contributed by atoms with Gasteiger partial charge in [-0.1, -0.05) is 53.8 Å². The molecule has 0 amide bonds. The van der Waals surface area contributed by atoms with Crippen molar-refractivity contribution < 1.29 is 4.74 Å². The van der Waals surface area contributed by atoms with E-state index in [2.05, 4.69) is 97.6 Å². The fourth-order valence-corrected chi connectivity index (χ4v) is 9.48. The zero-order valence-corrected chi connectivity index (χ0v) is 25.7.